The lowest BCUT2D eigenvalue weighted by Crippen LogP contribution is -2.21. The Hall–Kier alpha value is -3.65. The van der Waals surface area contributed by atoms with Crippen molar-refractivity contribution in [2.75, 3.05) is 6.61 Å². The molecule has 2 heterocycles. The molecule has 0 spiro atoms. The topological polar surface area (TPSA) is 98.6 Å². The second-order valence-corrected chi connectivity index (χ2v) is 9.77. The molecular weight excluding hydrogens is 551 g/mol. The number of benzene rings is 3. The molecule has 0 fully saturated rings. The molecule has 1 N–H and O–H groups in total. The fraction of sp³-hybridized carbons (Fsp3) is 0.143. The molecule has 1 aliphatic heterocycles. The van der Waals surface area contributed by atoms with Crippen LogP contribution in [0.15, 0.2) is 66.9 Å². The van der Waals surface area contributed by atoms with Gasteiger partial charge in [0.25, 0.3) is 0 Å². The van der Waals surface area contributed by atoms with Crippen LogP contribution in [0, 0.1) is 0 Å². The Morgan fingerprint density at radius 2 is 1.76 bits per heavy atom. The van der Waals surface area contributed by atoms with E-state index in [0.717, 1.165) is 5.56 Å². The zero-order valence-electron chi connectivity index (χ0n) is 19.7. The summed E-state index contributed by atoms with van der Waals surface area (Å²) in [6, 6.07) is 16.9. The molecule has 38 heavy (non-hydrogen) atoms. The molecular formula is C28H19Cl3N2O5. The Labute approximate surface area is 232 Å². The highest BCUT2D eigenvalue weighted by Gasteiger charge is 2.32. The quantitative estimate of drug-likeness (QED) is 0.234. The molecule has 7 nitrogen and oxygen atoms in total. The van der Waals surface area contributed by atoms with Gasteiger partial charge in [-0.3, -0.25) is 9.59 Å². The standard InChI is InChI=1S/C28H19Cl3N2O5/c29-17-5-1-16(2-6-17)27-32-11-9-18(33-27)13-23(34)15-3-7-19(8-4-15)38-26-22(30)14-21-20(28(35)36)10-12-37-25(21)24(26)31/h1-9,11,14,20H,10,12-13H2,(H,35,36). The van der Waals surface area contributed by atoms with Crippen LogP contribution in [0.2, 0.25) is 15.1 Å². The smallest absolute Gasteiger partial charge is 0.311 e. The van der Waals surface area contributed by atoms with Crippen LogP contribution in [-0.2, 0) is 11.2 Å². The highest BCUT2D eigenvalue weighted by atomic mass is 35.5. The van der Waals surface area contributed by atoms with Gasteiger partial charge in [0.05, 0.1) is 29.7 Å². The van der Waals surface area contributed by atoms with E-state index in [0.29, 0.717) is 39.8 Å². The number of carbonyl (C=O) groups is 2. The minimum absolute atomic E-state index is 0.0911. The van der Waals surface area contributed by atoms with Crippen molar-refractivity contribution in [2.45, 2.75) is 18.8 Å². The SMILES string of the molecule is O=C(Cc1ccnc(-c2ccc(Cl)cc2)n1)c1ccc(Oc2c(Cl)cc3c(c2Cl)OCCC3C(=O)O)cc1. The Morgan fingerprint density at radius 1 is 1.03 bits per heavy atom. The molecule has 0 saturated heterocycles. The summed E-state index contributed by atoms with van der Waals surface area (Å²) in [5, 5.41) is 10.4. The third-order valence-corrected chi connectivity index (χ3v) is 6.92. The first-order valence-corrected chi connectivity index (χ1v) is 12.7. The summed E-state index contributed by atoms with van der Waals surface area (Å²) in [6.07, 6.45) is 2.03. The largest absolute Gasteiger partial charge is 0.492 e. The zero-order valence-corrected chi connectivity index (χ0v) is 21.9. The van der Waals surface area contributed by atoms with Gasteiger partial charge in [-0.15, -0.1) is 0 Å². The predicted octanol–water partition coefficient (Wildman–Crippen LogP) is 7.27. The fourth-order valence-electron chi connectivity index (χ4n) is 4.12. The van der Waals surface area contributed by atoms with E-state index in [1.165, 1.54) is 6.07 Å². The lowest BCUT2D eigenvalue weighted by Gasteiger charge is -2.25. The molecule has 0 amide bonds. The molecule has 1 atom stereocenters. The number of carboxylic acid groups (broad SMARTS) is 1. The molecule has 0 radical (unpaired) electrons. The molecule has 0 aliphatic carbocycles. The fourth-order valence-corrected chi connectivity index (χ4v) is 4.85. The van der Waals surface area contributed by atoms with Crippen molar-refractivity contribution < 1.29 is 24.2 Å². The van der Waals surface area contributed by atoms with Crippen molar-refractivity contribution >= 4 is 46.6 Å². The van der Waals surface area contributed by atoms with Gasteiger partial charge in [-0.1, -0.05) is 34.8 Å². The van der Waals surface area contributed by atoms with Crippen molar-refractivity contribution in [3.63, 3.8) is 0 Å². The Kier molecular flexibility index (Phi) is 7.51. The van der Waals surface area contributed by atoms with E-state index >= 15 is 0 Å². The third-order valence-electron chi connectivity index (χ3n) is 6.04. The monoisotopic (exact) mass is 568 g/mol. The molecule has 1 aliphatic rings. The Morgan fingerprint density at radius 3 is 2.47 bits per heavy atom. The minimum atomic E-state index is -0.973. The van der Waals surface area contributed by atoms with Crippen LogP contribution in [0.5, 0.6) is 17.2 Å². The van der Waals surface area contributed by atoms with Crippen LogP contribution in [-0.4, -0.2) is 33.4 Å². The van der Waals surface area contributed by atoms with Gasteiger partial charge in [-0.25, -0.2) is 9.97 Å². The van der Waals surface area contributed by atoms with Crippen LogP contribution < -0.4 is 9.47 Å². The van der Waals surface area contributed by atoms with Crippen molar-refractivity contribution in [1.82, 2.24) is 9.97 Å². The van der Waals surface area contributed by atoms with Crippen molar-refractivity contribution in [3.8, 4) is 28.6 Å². The molecule has 1 unspecified atom stereocenters. The number of carboxylic acids is 1. The summed E-state index contributed by atoms with van der Waals surface area (Å²) in [7, 11) is 0. The number of fused-ring (bicyclic) bond motifs is 1. The molecule has 5 rings (SSSR count). The molecule has 1 aromatic heterocycles. The molecule has 192 valence electrons. The third kappa shape index (κ3) is 5.45. The van der Waals surface area contributed by atoms with E-state index in [-0.39, 0.29) is 40.4 Å². The van der Waals surface area contributed by atoms with Gasteiger partial charge in [-0.05, 0) is 67.1 Å². The van der Waals surface area contributed by atoms with Crippen LogP contribution in [0.1, 0.15) is 34.0 Å². The number of halogens is 3. The first kappa shape index (κ1) is 26.0. The average molecular weight is 570 g/mol. The molecule has 0 bridgehead atoms. The zero-order chi connectivity index (χ0) is 26.8. The summed E-state index contributed by atoms with van der Waals surface area (Å²) in [6.45, 7) is 0.217. The maximum absolute atomic E-state index is 12.9. The van der Waals surface area contributed by atoms with E-state index in [1.54, 1.807) is 48.7 Å². The van der Waals surface area contributed by atoms with E-state index in [1.807, 2.05) is 12.1 Å². The number of ether oxygens (including phenoxy) is 2. The van der Waals surface area contributed by atoms with Gasteiger partial charge in [0.2, 0.25) is 0 Å². The van der Waals surface area contributed by atoms with Crippen LogP contribution in [0.4, 0.5) is 0 Å². The summed E-state index contributed by atoms with van der Waals surface area (Å²) in [5.41, 5.74) is 2.27. The normalized spacial score (nSPS) is 14.3. The minimum Gasteiger partial charge on any atom is -0.492 e. The summed E-state index contributed by atoms with van der Waals surface area (Å²) in [5.74, 6) is -0.567. The number of carbonyl (C=O) groups excluding carboxylic acids is 1. The van der Waals surface area contributed by atoms with Gasteiger partial charge in [-0.2, -0.15) is 0 Å². The number of Topliss-reactive ketones (excluding diaryl/α,β-unsaturated/α-hetero) is 1. The maximum atomic E-state index is 12.9. The highest BCUT2D eigenvalue weighted by molar-refractivity contribution is 6.38. The summed E-state index contributed by atoms with van der Waals surface area (Å²) < 4.78 is 11.5. The number of aliphatic carboxylic acids is 1. The number of rotatable bonds is 7. The predicted molar refractivity (Wildman–Crippen MR) is 144 cm³/mol. The number of hydrogen-bond acceptors (Lipinski definition) is 6. The van der Waals surface area contributed by atoms with Gasteiger partial charge in [0, 0.05) is 27.9 Å². The van der Waals surface area contributed by atoms with Gasteiger partial charge >= 0.3 is 5.97 Å². The van der Waals surface area contributed by atoms with Gasteiger partial charge in [0.1, 0.15) is 16.5 Å². The van der Waals surface area contributed by atoms with Crippen LogP contribution in [0.3, 0.4) is 0 Å². The first-order chi connectivity index (χ1) is 18.3. The van der Waals surface area contributed by atoms with Crippen LogP contribution >= 0.6 is 34.8 Å². The molecule has 4 aromatic rings. The number of hydrogen-bond donors (Lipinski definition) is 1. The van der Waals surface area contributed by atoms with Gasteiger partial charge < -0.3 is 14.6 Å². The lowest BCUT2D eigenvalue weighted by molar-refractivity contribution is -0.139. The lowest BCUT2D eigenvalue weighted by atomic mass is 9.93. The first-order valence-electron chi connectivity index (χ1n) is 11.6. The highest BCUT2D eigenvalue weighted by Crippen LogP contribution is 2.48. The van der Waals surface area contributed by atoms with E-state index in [2.05, 4.69) is 9.97 Å². The van der Waals surface area contributed by atoms with Crippen molar-refractivity contribution in [1.29, 1.82) is 0 Å². The van der Waals surface area contributed by atoms with E-state index < -0.39 is 11.9 Å². The van der Waals surface area contributed by atoms with Crippen molar-refractivity contribution in [3.05, 3.63) is 98.7 Å². The second-order valence-electron chi connectivity index (χ2n) is 8.55. The van der Waals surface area contributed by atoms with Crippen molar-refractivity contribution in [2.24, 2.45) is 0 Å². The maximum Gasteiger partial charge on any atom is 0.311 e. The summed E-state index contributed by atoms with van der Waals surface area (Å²) >= 11 is 18.8. The Bertz CT molecular complexity index is 1530. The van der Waals surface area contributed by atoms with Crippen LogP contribution in [0.25, 0.3) is 11.4 Å². The molecule has 10 heteroatoms. The van der Waals surface area contributed by atoms with Gasteiger partial charge in [0.15, 0.2) is 17.4 Å². The number of nitrogens with zero attached hydrogens (tertiary/aromatic N) is 2. The second kappa shape index (κ2) is 11.0. The Balaban J connectivity index is 1.31. The van der Waals surface area contributed by atoms with E-state index in [9.17, 15) is 14.7 Å². The average Bonchev–Trinajstić information content (AvgIpc) is 2.91. The molecule has 3 aromatic carbocycles. The number of ketones is 1. The summed E-state index contributed by atoms with van der Waals surface area (Å²) in [4.78, 5) is 33.3. The molecule has 0 saturated carbocycles. The number of aromatic nitrogens is 2. The van der Waals surface area contributed by atoms with E-state index in [4.69, 9.17) is 44.3 Å².